The predicted molar refractivity (Wildman–Crippen MR) is 115 cm³/mol. The molecule has 0 radical (unpaired) electrons. The SMILES string of the molecule is Cc1ccc(-c2ccc(C(=O)NC3CCC(=O)N(Cc4c(C)noc4C)CC3)cc2)o1. The van der Waals surface area contributed by atoms with Gasteiger partial charge in [0.2, 0.25) is 5.91 Å². The largest absolute Gasteiger partial charge is 0.461 e. The number of aryl methyl sites for hydroxylation is 3. The average Bonchev–Trinajstić information content (AvgIpc) is 3.28. The first-order valence-electron chi connectivity index (χ1n) is 10.6. The monoisotopic (exact) mass is 421 g/mol. The van der Waals surface area contributed by atoms with Gasteiger partial charge in [0.05, 0.1) is 12.2 Å². The van der Waals surface area contributed by atoms with E-state index >= 15 is 0 Å². The number of rotatable bonds is 5. The Morgan fingerprint density at radius 1 is 1.13 bits per heavy atom. The van der Waals surface area contributed by atoms with Gasteiger partial charge in [0.15, 0.2) is 0 Å². The van der Waals surface area contributed by atoms with Crippen molar-refractivity contribution >= 4 is 11.8 Å². The molecular formula is C24H27N3O4. The quantitative estimate of drug-likeness (QED) is 0.668. The lowest BCUT2D eigenvalue weighted by atomic mass is 10.1. The summed E-state index contributed by atoms with van der Waals surface area (Å²) in [5, 5.41) is 7.06. The van der Waals surface area contributed by atoms with Crippen molar-refractivity contribution in [2.75, 3.05) is 6.54 Å². The lowest BCUT2D eigenvalue weighted by Gasteiger charge is -2.21. The van der Waals surface area contributed by atoms with E-state index in [9.17, 15) is 9.59 Å². The van der Waals surface area contributed by atoms with E-state index in [1.807, 2.05) is 49.9 Å². The first-order chi connectivity index (χ1) is 14.9. The Morgan fingerprint density at radius 3 is 2.55 bits per heavy atom. The van der Waals surface area contributed by atoms with Gasteiger partial charge in [-0.2, -0.15) is 0 Å². The molecule has 3 heterocycles. The molecule has 1 aliphatic heterocycles. The number of nitrogens with one attached hydrogen (secondary N) is 1. The molecule has 0 spiro atoms. The maximum atomic E-state index is 12.7. The highest BCUT2D eigenvalue weighted by molar-refractivity contribution is 5.94. The highest BCUT2D eigenvalue weighted by atomic mass is 16.5. The zero-order valence-corrected chi connectivity index (χ0v) is 18.1. The number of amides is 2. The molecule has 1 unspecified atom stereocenters. The number of benzene rings is 1. The Kier molecular flexibility index (Phi) is 5.93. The zero-order valence-electron chi connectivity index (χ0n) is 18.1. The summed E-state index contributed by atoms with van der Waals surface area (Å²) < 4.78 is 10.8. The molecular weight excluding hydrogens is 394 g/mol. The lowest BCUT2D eigenvalue weighted by Crippen LogP contribution is -2.36. The van der Waals surface area contributed by atoms with Gasteiger partial charge in [-0.25, -0.2) is 0 Å². The molecule has 31 heavy (non-hydrogen) atoms. The van der Waals surface area contributed by atoms with Gasteiger partial charge in [0.1, 0.15) is 17.3 Å². The van der Waals surface area contributed by atoms with E-state index in [1.165, 1.54) is 0 Å². The molecule has 7 heteroatoms. The molecule has 7 nitrogen and oxygen atoms in total. The van der Waals surface area contributed by atoms with Crippen LogP contribution in [0.25, 0.3) is 11.3 Å². The summed E-state index contributed by atoms with van der Waals surface area (Å²) >= 11 is 0. The summed E-state index contributed by atoms with van der Waals surface area (Å²) in [5.74, 6) is 2.34. The molecule has 3 aromatic rings. The van der Waals surface area contributed by atoms with Crippen LogP contribution in [0.2, 0.25) is 0 Å². The smallest absolute Gasteiger partial charge is 0.251 e. The topological polar surface area (TPSA) is 88.6 Å². The fourth-order valence-corrected chi connectivity index (χ4v) is 3.91. The molecule has 0 bridgehead atoms. The molecule has 1 fully saturated rings. The lowest BCUT2D eigenvalue weighted by molar-refractivity contribution is -0.131. The minimum Gasteiger partial charge on any atom is -0.461 e. The Morgan fingerprint density at radius 2 is 1.90 bits per heavy atom. The fourth-order valence-electron chi connectivity index (χ4n) is 3.91. The number of hydrogen-bond donors (Lipinski definition) is 1. The van der Waals surface area contributed by atoms with Gasteiger partial charge in [-0.1, -0.05) is 17.3 Å². The molecule has 2 aromatic heterocycles. The van der Waals surface area contributed by atoms with Crippen LogP contribution in [0.1, 0.15) is 52.4 Å². The second-order valence-corrected chi connectivity index (χ2v) is 8.10. The van der Waals surface area contributed by atoms with Gasteiger partial charge in [0.25, 0.3) is 5.91 Å². The van der Waals surface area contributed by atoms with E-state index in [1.54, 1.807) is 12.1 Å². The van der Waals surface area contributed by atoms with Gasteiger partial charge >= 0.3 is 0 Å². The van der Waals surface area contributed by atoms with Gasteiger partial charge < -0.3 is 19.2 Å². The third-order valence-corrected chi connectivity index (χ3v) is 5.84. The van der Waals surface area contributed by atoms with Crippen LogP contribution in [0.4, 0.5) is 0 Å². The molecule has 162 valence electrons. The summed E-state index contributed by atoms with van der Waals surface area (Å²) in [6, 6.07) is 11.2. The fraction of sp³-hybridized carbons (Fsp3) is 0.375. The van der Waals surface area contributed by atoms with Crippen molar-refractivity contribution in [3.05, 3.63) is 64.7 Å². The first kappa shape index (κ1) is 20.9. The van der Waals surface area contributed by atoms with E-state index in [-0.39, 0.29) is 17.9 Å². The number of aromatic nitrogens is 1. The van der Waals surface area contributed by atoms with Crippen LogP contribution in [-0.2, 0) is 11.3 Å². The van der Waals surface area contributed by atoms with Crippen LogP contribution in [-0.4, -0.2) is 34.5 Å². The van der Waals surface area contributed by atoms with Crippen molar-refractivity contribution in [3.8, 4) is 11.3 Å². The van der Waals surface area contributed by atoms with Crippen LogP contribution in [0.15, 0.2) is 45.3 Å². The maximum absolute atomic E-state index is 12.7. The number of carbonyl (C=O) groups excluding carboxylic acids is 2. The number of likely N-dealkylation sites (tertiary alicyclic amines) is 1. The second kappa shape index (κ2) is 8.79. The molecule has 1 N–H and O–H groups in total. The molecule has 1 atom stereocenters. The van der Waals surface area contributed by atoms with Crippen LogP contribution < -0.4 is 5.32 Å². The predicted octanol–water partition coefficient (Wildman–Crippen LogP) is 4.17. The van der Waals surface area contributed by atoms with Crippen LogP contribution in [0, 0.1) is 20.8 Å². The Hall–Kier alpha value is -3.35. The second-order valence-electron chi connectivity index (χ2n) is 8.10. The maximum Gasteiger partial charge on any atom is 0.251 e. The van der Waals surface area contributed by atoms with Crippen molar-refractivity contribution in [2.45, 2.75) is 52.6 Å². The summed E-state index contributed by atoms with van der Waals surface area (Å²) in [6.45, 7) is 6.73. The van der Waals surface area contributed by atoms with Crippen LogP contribution >= 0.6 is 0 Å². The number of furan rings is 1. The summed E-state index contributed by atoms with van der Waals surface area (Å²) in [7, 11) is 0. The van der Waals surface area contributed by atoms with Crippen molar-refractivity contribution < 1.29 is 18.5 Å². The van der Waals surface area contributed by atoms with Crippen LogP contribution in [0.5, 0.6) is 0 Å². The molecule has 1 saturated heterocycles. The third-order valence-electron chi connectivity index (χ3n) is 5.84. The number of carbonyl (C=O) groups is 2. The Balaban J connectivity index is 1.36. The number of nitrogens with zero attached hydrogens (tertiary/aromatic N) is 2. The standard InChI is InChI=1S/C24H27N3O4/c1-15-4-10-22(30-15)18-5-7-19(8-6-18)24(29)25-20-9-11-23(28)27(13-12-20)14-21-16(2)26-31-17(21)3/h4-8,10,20H,9,11-14H2,1-3H3,(H,25,29). The van der Waals surface area contributed by atoms with E-state index in [4.69, 9.17) is 8.94 Å². The molecule has 0 aliphatic carbocycles. The zero-order chi connectivity index (χ0) is 22.0. The van der Waals surface area contributed by atoms with Gasteiger partial charge in [0, 0.05) is 35.7 Å². The van der Waals surface area contributed by atoms with Gasteiger partial charge in [-0.05, 0) is 57.9 Å². The van der Waals surface area contributed by atoms with Gasteiger partial charge in [-0.3, -0.25) is 9.59 Å². The van der Waals surface area contributed by atoms with Crippen molar-refractivity contribution in [2.24, 2.45) is 0 Å². The molecule has 4 rings (SSSR count). The molecule has 2 amide bonds. The van der Waals surface area contributed by atoms with E-state index in [2.05, 4.69) is 10.5 Å². The first-order valence-corrected chi connectivity index (χ1v) is 10.6. The summed E-state index contributed by atoms with van der Waals surface area (Å²) in [6.07, 6.45) is 1.75. The minimum absolute atomic E-state index is 0.0430. The highest BCUT2D eigenvalue weighted by Crippen LogP contribution is 2.23. The van der Waals surface area contributed by atoms with E-state index < -0.39 is 0 Å². The Labute approximate surface area is 181 Å². The Bertz CT molecular complexity index is 1060. The minimum atomic E-state index is -0.126. The number of hydrogen-bond acceptors (Lipinski definition) is 5. The van der Waals surface area contributed by atoms with Crippen LogP contribution in [0.3, 0.4) is 0 Å². The summed E-state index contributed by atoms with van der Waals surface area (Å²) in [5.41, 5.74) is 3.30. The van der Waals surface area contributed by atoms with E-state index in [0.29, 0.717) is 37.9 Å². The normalized spacial score (nSPS) is 16.9. The van der Waals surface area contributed by atoms with Gasteiger partial charge in [-0.15, -0.1) is 0 Å². The molecule has 1 aromatic carbocycles. The summed E-state index contributed by atoms with van der Waals surface area (Å²) in [4.78, 5) is 27.2. The van der Waals surface area contributed by atoms with Crippen molar-refractivity contribution in [3.63, 3.8) is 0 Å². The van der Waals surface area contributed by atoms with Crippen molar-refractivity contribution in [1.82, 2.24) is 15.4 Å². The highest BCUT2D eigenvalue weighted by Gasteiger charge is 2.25. The van der Waals surface area contributed by atoms with Crippen molar-refractivity contribution in [1.29, 1.82) is 0 Å². The van der Waals surface area contributed by atoms with E-state index in [0.717, 1.165) is 34.1 Å². The third kappa shape index (κ3) is 4.71. The molecule has 0 saturated carbocycles. The average molecular weight is 421 g/mol. The molecule has 1 aliphatic rings.